The molecule has 0 bridgehead atoms. The summed E-state index contributed by atoms with van der Waals surface area (Å²) in [5.74, 6) is 0.466. The van der Waals surface area contributed by atoms with Gasteiger partial charge in [-0.05, 0) is 55.3 Å². The van der Waals surface area contributed by atoms with Crippen LogP contribution in [-0.4, -0.2) is 31.7 Å². The second-order valence-electron chi connectivity index (χ2n) is 8.12. The van der Waals surface area contributed by atoms with Crippen molar-refractivity contribution in [3.8, 4) is 5.75 Å². The molecule has 0 saturated heterocycles. The molecule has 1 aliphatic rings. The highest BCUT2D eigenvalue weighted by Crippen LogP contribution is 2.43. The van der Waals surface area contributed by atoms with E-state index in [0.717, 1.165) is 11.1 Å². The van der Waals surface area contributed by atoms with Crippen molar-refractivity contribution < 1.29 is 17.9 Å². The third kappa shape index (κ3) is 4.36. The Hall–Kier alpha value is -3.22. The van der Waals surface area contributed by atoms with E-state index in [1.807, 2.05) is 50.3 Å². The number of hydrogen-bond donors (Lipinski definition) is 0. The number of rotatable bonds is 7. The third-order valence-corrected chi connectivity index (χ3v) is 7.90. The fourth-order valence-corrected chi connectivity index (χ4v) is 6.02. The summed E-state index contributed by atoms with van der Waals surface area (Å²) in [5.41, 5.74) is 2.70. The van der Waals surface area contributed by atoms with Gasteiger partial charge in [-0.15, -0.1) is 0 Å². The van der Waals surface area contributed by atoms with Gasteiger partial charge in [0.15, 0.2) is 5.78 Å². The minimum Gasteiger partial charge on any atom is -0.497 e. The molecule has 6 heteroatoms. The summed E-state index contributed by atoms with van der Waals surface area (Å²) in [4.78, 5) is 13.8. The van der Waals surface area contributed by atoms with Crippen LogP contribution in [0.2, 0.25) is 0 Å². The Morgan fingerprint density at radius 2 is 1.58 bits per heavy atom. The summed E-state index contributed by atoms with van der Waals surface area (Å²) in [5, 5.41) is 0. The molecule has 0 fully saturated rings. The van der Waals surface area contributed by atoms with Crippen molar-refractivity contribution in [1.82, 2.24) is 4.31 Å². The molecule has 1 heterocycles. The molecule has 4 rings (SSSR count). The number of nitrogens with zero attached hydrogens (tertiary/aromatic N) is 1. The van der Waals surface area contributed by atoms with Crippen LogP contribution in [-0.2, 0) is 10.0 Å². The molecule has 0 N–H and O–H groups in total. The number of carbonyl (C=O) groups is 1. The SMILES string of the molecule is CC[C@@H]1C=C(C(=O)c2ccc(OC)cc2)[C@H](c2ccccc2)N1S(=O)(=O)c1ccc(C)cc1. The molecular formula is C27H27NO4S. The predicted molar refractivity (Wildman–Crippen MR) is 129 cm³/mol. The number of hydrogen-bond acceptors (Lipinski definition) is 4. The Balaban J connectivity index is 1.83. The number of ketones is 1. The standard InChI is InChI=1S/C27H27NO4S/c1-4-22-18-25(27(29)21-12-14-23(32-3)15-13-21)26(20-8-6-5-7-9-20)28(22)33(30,31)24-16-10-19(2)11-17-24/h5-18,22,26H,4H2,1-3H3/t22-,26+/m1/s1. The largest absolute Gasteiger partial charge is 0.497 e. The minimum atomic E-state index is -3.86. The molecule has 0 amide bonds. The van der Waals surface area contributed by atoms with Gasteiger partial charge in [0.25, 0.3) is 0 Å². The van der Waals surface area contributed by atoms with E-state index < -0.39 is 22.1 Å². The van der Waals surface area contributed by atoms with Crippen molar-refractivity contribution in [3.63, 3.8) is 0 Å². The molecule has 33 heavy (non-hydrogen) atoms. The molecule has 0 spiro atoms. The van der Waals surface area contributed by atoms with Crippen molar-refractivity contribution in [2.75, 3.05) is 7.11 Å². The van der Waals surface area contributed by atoms with Crippen molar-refractivity contribution in [2.24, 2.45) is 0 Å². The van der Waals surface area contributed by atoms with Gasteiger partial charge in [0.05, 0.1) is 18.0 Å². The van der Waals surface area contributed by atoms with Crippen LogP contribution in [0.25, 0.3) is 0 Å². The topological polar surface area (TPSA) is 63.7 Å². The van der Waals surface area contributed by atoms with Crippen LogP contribution in [0.5, 0.6) is 5.75 Å². The van der Waals surface area contributed by atoms with Gasteiger partial charge in [-0.1, -0.05) is 61.0 Å². The molecule has 3 aromatic carbocycles. The summed E-state index contributed by atoms with van der Waals surface area (Å²) >= 11 is 0. The summed E-state index contributed by atoms with van der Waals surface area (Å²) in [6, 6.07) is 21.9. The van der Waals surface area contributed by atoms with E-state index in [9.17, 15) is 13.2 Å². The smallest absolute Gasteiger partial charge is 0.244 e. The number of carbonyl (C=O) groups excluding carboxylic acids is 1. The molecule has 0 radical (unpaired) electrons. The van der Waals surface area contributed by atoms with Crippen LogP contribution in [0.3, 0.4) is 0 Å². The van der Waals surface area contributed by atoms with E-state index in [1.165, 1.54) is 4.31 Å². The predicted octanol–water partition coefficient (Wildman–Crippen LogP) is 5.34. The van der Waals surface area contributed by atoms with Crippen molar-refractivity contribution in [3.05, 3.63) is 107 Å². The normalized spacial score (nSPS) is 18.7. The van der Waals surface area contributed by atoms with Crippen LogP contribution in [0, 0.1) is 6.92 Å². The van der Waals surface area contributed by atoms with E-state index >= 15 is 0 Å². The van der Waals surface area contributed by atoms with Crippen LogP contribution in [0.15, 0.2) is 95.4 Å². The van der Waals surface area contributed by atoms with E-state index in [1.54, 1.807) is 55.6 Å². The molecular weight excluding hydrogens is 434 g/mol. The Morgan fingerprint density at radius 1 is 0.939 bits per heavy atom. The summed E-state index contributed by atoms with van der Waals surface area (Å²) in [6.07, 6.45) is 2.36. The highest BCUT2D eigenvalue weighted by Gasteiger charge is 2.45. The first-order valence-corrected chi connectivity index (χ1v) is 12.4. The second-order valence-corrected chi connectivity index (χ2v) is 9.96. The lowest BCUT2D eigenvalue weighted by atomic mass is 9.94. The lowest BCUT2D eigenvalue weighted by Gasteiger charge is -2.31. The Morgan fingerprint density at radius 3 is 2.15 bits per heavy atom. The maximum Gasteiger partial charge on any atom is 0.244 e. The second kappa shape index (κ2) is 9.33. The molecule has 0 aromatic heterocycles. The zero-order valence-corrected chi connectivity index (χ0v) is 19.7. The van der Waals surface area contributed by atoms with E-state index in [4.69, 9.17) is 4.74 Å². The quantitative estimate of drug-likeness (QED) is 0.446. The molecule has 0 saturated carbocycles. The lowest BCUT2D eigenvalue weighted by Crippen LogP contribution is -2.38. The van der Waals surface area contributed by atoms with Crippen molar-refractivity contribution >= 4 is 15.8 Å². The molecule has 2 atom stereocenters. The number of sulfonamides is 1. The summed E-state index contributed by atoms with van der Waals surface area (Å²) < 4.78 is 34.4. The molecule has 170 valence electrons. The summed E-state index contributed by atoms with van der Waals surface area (Å²) in [7, 11) is -2.29. The van der Waals surface area contributed by atoms with Gasteiger partial charge in [-0.3, -0.25) is 4.79 Å². The fraction of sp³-hybridized carbons (Fsp3) is 0.222. The fourth-order valence-electron chi connectivity index (χ4n) is 4.22. The first-order chi connectivity index (χ1) is 15.9. The average Bonchev–Trinajstić information content (AvgIpc) is 3.25. The van der Waals surface area contributed by atoms with Gasteiger partial charge in [0.1, 0.15) is 5.75 Å². The van der Waals surface area contributed by atoms with Gasteiger partial charge in [0.2, 0.25) is 10.0 Å². The molecule has 0 aliphatic carbocycles. The number of aryl methyl sites for hydroxylation is 1. The van der Waals surface area contributed by atoms with Crippen molar-refractivity contribution in [2.45, 2.75) is 37.2 Å². The molecule has 0 unspecified atom stereocenters. The molecule has 1 aliphatic heterocycles. The van der Waals surface area contributed by atoms with Gasteiger partial charge in [-0.2, -0.15) is 4.31 Å². The van der Waals surface area contributed by atoms with Crippen LogP contribution >= 0.6 is 0 Å². The first-order valence-electron chi connectivity index (χ1n) is 10.9. The highest BCUT2D eigenvalue weighted by atomic mass is 32.2. The maximum absolute atomic E-state index is 13.9. The first kappa shape index (κ1) is 23.0. The van der Waals surface area contributed by atoms with Gasteiger partial charge in [0, 0.05) is 17.2 Å². The summed E-state index contributed by atoms with van der Waals surface area (Å²) in [6.45, 7) is 3.85. The third-order valence-electron chi connectivity index (χ3n) is 5.99. The van der Waals surface area contributed by atoms with E-state index in [-0.39, 0.29) is 10.7 Å². The maximum atomic E-state index is 13.9. The van der Waals surface area contributed by atoms with E-state index in [0.29, 0.717) is 23.3 Å². The Labute approximate surface area is 195 Å². The van der Waals surface area contributed by atoms with Gasteiger partial charge >= 0.3 is 0 Å². The van der Waals surface area contributed by atoms with Crippen LogP contribution < -0.4 is 4.74 Å². The Bertz CT molecular complexity index is 1260. The Kier molecular flexibility index (Phi) is 6.49. The molecule has 3 aromatic rings. The monoisotopic (exact) mass is 461 g/mol. The zero-order valence-electron chi connectivity index (χ0n) is 18.9. The number of Topliss-reactive ketones (excluding diaryl/α,β-unsaturated/α-hetero) is 1. The van der Waals surface area contributed by atoms with Crippen LogP contribution in [0.1, 0.15) is 40.9 Å². The van der Waals surface area contributed by atoms with Gasteiger partial charge in [-0.25, -0.2) is 8.42 Å². The average molecular weight is 462 g/mol. The van der Waals surface area contributed by atoms with E-state index in [2.05, 4.69) is 0 Å². The number of benzene rings is 3. The van der Waals surface area contributed by atoms with Gasteiger partial charge < -0.3 is 4.74 Å². The minimum absolute atomic E-state index is 0.188. The zero-order chi connectivity index (χ0) is 23.6. The number of methoxy groups -OCH3 is 1. The lowest BCUT2D eigenvalue weighted by molar-refractivity contribution is 0.102. The van der Waals surface area contributed by atoms with Crippen molar-refractivity contribution in [1.29, 1.82) is 0 Å². The molecule has 5 nitrogen and oxygen atoms in total. The number of ether oxygens (including phenoxy) is 1. The highest BCUT2D eigenvalue weighted by molar-refractivity contribution is 7.89. The van der Waals surface area contributed by atoms with Crippen LogP contribution in [0.4, 0.5) is 0 Å².